The predicted octanol–water partition coefficient (Wildman–Crippen LogP) is 2.35. The van der Waals surface area contributed by atoms with Crippen molar-refractivity contribution in [1.82, 2.24) is 4.90 Å². The van der Waals surface area contributed by atoms with E-state index in [2.05, 4.69) is 10.6 Å². The summed E-state index contributed by atoms with van der Waals surface area (Å²) in [5.74, 6) is -0.0325. The largest absolute Gasteiger partial charge is 0.378 e. The van der Waals surface area contributed by atoms with Gasteiger partial charge < -0.3 is 20.3 Å². The molecule has 0 atom stereocenters. The van der Waals surface area contributed by atoms with Crippen LogP contribution >= 0.6 is 11.6 Å². The van der Waals surface area contributed by atoms with Crippen molar-refractivity contribution >= 4 is 34.8 Å². The van der Waals surface area contributed by atoms with Crippen LogP contribution < -0.4 is 10.6 Å². The molecule has 1 saturated heterocycles. The lowest BCUT2D eigenvalue weighted by atomic mass is 10.2. The molecule has 1 fully saturated rings. The van der Waals surface area contributed by atoms with Crippen LogP contribution in [0.2, 0.25) is 5.02 Å². The maximum Gasteiger partial charge on any atom is 0.242 e. The molecule has 1 aromatic rings. The molecule has 2 N–H and O–H groups in total. The number of hydrogen-bond acceptors (Lipinski definition) is 4. The van der Waals surface area contributed by atoms with Gasteiger partial charge in [0.25, 0.3) is 0 Å². The number of nitrogens with one attached hydrogen (secondary N) is 2. The van der Waals surface area contributed by atoms with E-state index >= 15 is 0 Å². The molecule has 6 nitrogen and oxygen atoms in total. The summed E-state index contributed by atoms with van der Waals surface area (Å²) in [7, 11) is 0. The number of halogens is 1. The highest BCUT2D eigenvalue weighted by Gasteiger charge is 2.16. The number of rotatable bonds is 6. The van der Waals surface area contributed by atoms with Gasteiger partial charge in [-0.2, -0.15) is 0 Å². The van der Waals surface area contributed by atoms with Gasteiger partial charge in [0.1, 0.15) is 0 Å². The van der Waals surface area contributed by atoms with Crippen molar-refractivity contribution < 1.29 is 14.3 Å². The van der Waals surface area contributed by atoms with Crippen molar-refractivity contribution in [3.63, 3.8) is 0 Å². The lowest BCUT2D eigenvalue weighted by Gasteiger charge is -2.27. The first-order valence-electron chi connectivity index (χ1n) is 7.79. The number of nitrogens with zero attached hydrogens (tertiary/aromatic N) is 1. The molecule has 1 aliphatic heterocycles. The summed E-state index contributed by atoms with van der Waals surface area (Å²) in [6.45, 7) is 4.48. The second-order valence-electron chi connectivity index (χ2n) is 5.34. The Bertz CT molecular complexity index is 560. The van der Waals surface area contributed by atoms with Crippen LogP contribution in [0.5, 0.6) is 0 Å². The Balaban J connectivity index is 1.93. The molecule has 0 bridgehead atoms. The topological polar surface area (TPSA) is 70.7 Å². The van der Waals surface area contributed by atoms with Gasteiger partial charge in [-0.25, -0.2) is 0 Å². The van der Waals surface area contributed by atoms with Crippen molar-refractivity contribution in [2.45, 2.75) is 19.8 Å². The molecule has 0 unspecified atom stereocenters. The first-order chi connectivity index (χ1) is 11.1. The maximum absolute atomic E-state index is 12.1. The minimum Gasteiger partial charge on any atom is -0.378 e. The van der Waals surface area contributed by atoms with E-state index in [1.807, 2.05) is 6.92 Å². The zero-order valence-electron chi connectivity index (χ0n) is 13.2. The number of amides is 2. The minimum atomic E-state index is -0.0369. The quantitative estimate of drug-likeness (QED) is 0.834. The molecular weight excluding hydrogens is 318 g/mol. The molecule has 0 aliphatic carbocycles. The number of benzene rings is 1. The molecule has 23 heavy (non-hydrogen) atoms. The van der Waals surface area contributed by atoms with Crippen LogP contribution in [-0.4, -0.2) is 49.6 Å². The monoisotopic (exact) mass is 339 g/mol. The van der Waals surface area contributed by atoms with Crippen molar-refractivity contribution in [1.29, 1.82) is 0 Å². The number of carbonyl (C=O) groups is 2. The molecule has 1 heterocycles. The van der Waals surface area contributed by atoms with Crippen molar-refractivity contribution in [3.05, 3.63) is 23.2 Å². The maximum atomic E-state index is 12.1. The Labute approximate surface area is 141 Å². The summed E-state index contributed by atoms with van der Waals surface area (Å²) < 4.78 is 5.23. The molecule has 126 valence electrons. The lowest BCUT2D eigenvalue weighted by molar-refractivity contribution is -0.133. The Kier molecular flexibility index (Phi) is 6.67. The van der Waals surface area contributed by atoms with E-state index in [9.17, 15) is 9.59 Å². The molecule has 0 spiro atoms. The van der Waals surface area contributed by atoms with Gasteiger partial charge in [0, 0.05) is 25.2 Å². The van der Waals surface area contributed by atoms with E-state index in [-0.39, 0.29) is 18.4 Å². The van der Waals surface area contributed by atoms with Gasteiger partial charge in [-0.1, -0.05) is 18.5 Å². The van der Waals surface area contributed by atoms with Crippen molar-refractivity contribution in [2.24, 2.45) is 0 Å². The fourth-order valence-electron chi connectivity index (χ4n) is 2.28. The second kappa shape index (κ2) is 8.74. The van der Waals surface area contributed by atoms with E-state index in [1.54, 1.807) is 23.1 Å². The molecule has 0 aromatic heterocycles. The third-order valence-corrected chi connectivity index (χ3v) is 3.85. The van der Waals surface area contributed by atoms with Crippen LogP contribution in [0.1, 0.15) is 19.8 Å². The van der Waals surface area contributed by atoms with E-state index in [0.29, 0.717) is 49.1 Å². The number of carbonyl (C=O) groups excluding carboxylic acids is 2. The van der Waals surface area contributed by atoms with E-state index in [4.69, 9.17) is 16.3 Å². The van der Waals surface area contributed by atoms with Crippen molar-refractivity contribution in [3.8, 4) is 0 Å². The number of morpholine rings is 1. The second-order valence-corrected chi connectivity index (χ2v) is 5.75. The van der Waals surface area contributed by atoms with Gasteiger partial charge in [-0.15, -0.1) is 0 Å². The van der Waals surface area contributed by atoms with Gasteiger partial charge in [0.15, 0.2) is 0 Å². The average molecular weight is 340 g/mol. The Morgan fingerprint density at radius 2 is 2.04 bits per heavy atom. The SMILES string of the molecule is CCCC(=O)Nc1ccc(Cl)c(NCC(=O)N2CCOCC2)c1. The highest BCUT2D eigenvalue weighted by atomic mass is 35.5. The first-order valence-corrected chi connectivity index (χ1v) is 8.16. The van der Waals surface area contributed by atoms with Crippen LogP contribution in [0, 0.1) is 0 Å². The third kappa shape index (κ3) is 5.41. The van der Waals surface area contributed by atoms with Gasteiger partial charge in [0.2, 0.25) is 11.8 Å². The number of anilines is 2. The summed E-state index contributed by atoms with van der Waals surface area (Å²) in [6.07, 6.45) is 1.26. The van der Waals surface area contributed by atoms with Crippen LogP contribution in [0.15, 0.2) is 18.2 Å². The summed E-state index contributed by atoms with van der Waals surface area (Å²) in [6, 6.07) is 5.18. The van der Waals surface area contributed by atoms with Crippen molar-refractivity contribution in [2.75, 3.05) is 43.5 Å². The minimum absolute atomic E-state index is 0.00443. The van der Waals surface area contributed by atoms with E-state index < -0.39 is 0 Å². The van der Waals surface area contributed by atoms with Crippen LogP contribution in [-0.2, 0) is 14.3 Å². The fourth-order valence-corrected chi connectivity index (χ4v) is 2.47. The zero-order chi connectivity index (χ0) is 16.7. The summed E-state index contributed by atoms with van der Waals surface area (Å²) in [5.41, 5.74) is 1.29. The molecule has 1 aromatic carbocycles. The summed E-state index contributed by atoms with van der Waals surface area (Å²) in [4.78, 5) is 25.5. The van der Waals surface area contributed by atoms with Gasteiger partial charge in [-0.05, 0) is 24.6 Å². The van der Waals surface area contributed by atoms with Gasteiger partial charge in [-0.3, -0.25) is 9.59 Å². The Morgan fingerprint density at radius 1 is 1.30 bits per heavy atom. The summed E-state index contributed by atoms with van der Waals surface area (Å²) in [5, 5.41) is 6.36. The lowest BCUT2D eigenvalue weighted by Crippen LogP contribution is -2.43. The summed E-state index contributed by atoms with van der Waals surface area (Å²) >= 11 is 6.14. The molecule has 2 rings (SSSR count). The van der Waals surface area contributed by atoms with Crippen LogP contribution in [0.4, 0.5) is 11.4 Å². The third-order valence-electron chi connectivity index (χ3n) is 3.52. The first kappa shape index (κ1) is 17.6. The normalized spacial score (nSPS) is 14.4. The molecule has 0 radical (unpaired) electrons. The van der Waals surface area contributed by atoms with Gasteiger partial charge >= 0.3 is 0 Å². The predicted molar refractivity (Wildman–Crippen MR) is 90.9 cm³/mol. The molecule has 1 aliphatic rings. The molecule has 0 saturated carbocycles. The number of hydrogen-bond donors (Lipinski definition) is 2. The Hall–Kier alpha value is -1.79. The smallest absolute Gasteiger partial charge is 0.242 e. The van der Waals surface area contributed by atoms with Gasteiger partial charge in [0.05, 0.1) is 30.5 Å². The fraction of sp³-hybridized carbons (Fsp3) is 0.500. The van der Waals surface area contributed by atoms with E-state index in [0.717, 1.165) is 6.42 Å². The van der Waals surface area contributed by atoms with E-state index in [1.165, 1.54) is 0 Å². The molecule has 7 heteroatoms. The standard InChI is InChI=1S/C16H22ClN3O3/c1-2-3-15(21)19-12-4-5-13(17)14(10-12)18-11-16(22)20-6-8-23-9-7-20/h4-5,10,18H,2-3,6-9,11H2,1H3,(H,19,21). The van der Waals surface area contributed by atoms with Crippen LogP contribution in [0.25, 0.3) is 0 Å². The molecular formula is C16H22ClN3O3. The highest BCUT2D eigenvalue weighted by molar-refractivity contribution is 6.33. The van der Waals surface area contributed by atoms with Crippen LogP contribution in [0.3, 0.4) is 0 Å². The average Bonchev–Trinajstić information content (AvgIpc) is 2.56. The zero-order valence-corrected chi connectivity index (χ0v) is 14.0. The molecule has 2 amide bonds. The highest BCUT2D eigenvalue weighted by Crippen LogP contribution is 2.25. The Morgan fingerprint density at radius 3 is 2.74 bits per heavy atom. The number of ether oxygens (including phenoxy) is 1.